The standard InChI is InChI=1S/C12H22N2O2/c1-10-3-6-13(7-4-10)11(15)14-8-5-12(2,16)9-14/h10,16H,3-9H2,1-2H3. The number of rotatable bonds is 0. The lowest BCUT2D eigenvalue weighted by Crippen LogP contribution is -2.46. The summed E-state index contributed by atoms with van der Waals surface area (Å²) in [4.78, 5) is 15.9. The first kappa shape index (κ1) is 11.7. The summed E-state index contributed by atoms with van der Waals surface area (Å²) in [5.74, 6) is 0.741. The summed E-state index contributed by atoms with van der Waals surface area (Å²) in [6, 6.07) is 0.115. The maximum absolute atomic E-state index is 12.1. The van der Waals surface area contributed by atoms with Crippen molar-refractivity contribution >= 4 is 6.03 Å². The number of aliphatic hydroxyl groups is 1. The van der Waals surface area contributed by atoms with Crippen LogP contribution in [-0.4, -0.2) is 52.7 Å². The Hall–Kier alpha value is -0.770. The van der Waals surface area contributed by atoms with E-state index in [0.29, 0.717) is 19.5 Å². The first-order valence-electron chi connectivity index (χ1n) is 6.24. The molecule has 1 atom stereocenters. The van der Waals surface area contributed by atoms with Gasteiger partial charge in [-0.3, -0.25) is 0 Å². The fourth-order valence-electron chi connectivity index (χ4n) is 2.51. The van der Waals surface area contributed by atoms with Crippen LogP contribution in [0, 0.1) is 5.92 Å². The summed E-state index contributed by atoms with van der Waals surface area (Å²) >= 11 is 0. The van der Waals surface area contributed by atoms with Gasteiger partial charge in [0.25, 0.3) is 0 Å². The van der Waals surface area contributed by atoms with E-state index < -0.39 is 5.60 Å². The zero-order chi connectivity index (χ0) is 11.8. The third-order valence-electron chi connectivity index (χ3n) is 3.78. The lowest BCUT2D eigenvalue weighted by molar-refractivity contribution is 0.0674. The molecule has 92 valence electrons. The molecule has 1 unspecified atom stereocenters. The number of hydrogen-bond acceptors (Lipinski definition) is 2. The molecular formula is C12H22N2O2. The molecule has 16 heavy (non-hydrogen) atoms. The van der Waals surface area contributed by atoms with Gasteiger partial charge in [0, 0.05) is 19.6 Å². The molecule has 0 aromatic heterocycles. The lowest BCUT2D eigenvalue weighted by Gasteiger charge is -2.33. The van der Waals surface area contributed by atoms with Crippen LogP contribution in [0.25, 0.3) is 0 Å². The smallest absolute Gasteiger partial charge is 0.320 e. The zero-order valence-electron chi connectivity index (χ0n) is 10.3. The lowest BCUT2D eigenvalue weighted by atomic mass is 10.00. The molecule has 0 spiro atoms. The Morgan fingerprint density at radius 2 is 1.88 bits per heavy atom. The van der Waals surface area contributed by atoms with Crippen molar-refractivity contribution in [1.29, 1.82) is 0 Å². The number of urea groups is 1. The average Bonchev–Trinajstić information content (AvgIpc) is 2.59. The van der Waals surface area contributed by atoms with Crippen molar-refractivity contribution < 1.29 is 9.90 Å². The van der Waals surface area contributed by atoms with Crippen molar-refractivity contribution in [2.45, 2.75) is 38.7 Å². The van der Waals surface area contributed by atoms with Crippen LogP contribution < -0.4 is 0 Å². The normalized spacial score (nSPS) is 32.2. The monoisotopic (exact) mass is 226 g/mol. The molecule has 1 N–H and O–H groups in total. The molecule has 2 heterocycles. The maximum Gasteiger partial charge on any atom is 0.320 e. The Kier molecular flexibility index (Phi) is 3.10. The average molecular weight is 226 g/mol. The minimum Gasteiger partial charge on any atom is -0.388 e. The van der Waals surface area contributed by atoms with Gasteiger partial charge in [-0.15, -0.1) is 0 Å². The van der Waals surface area contributed by atoms with Gasteiger partial charge in [-0.2, -0.15) is 0 Å². The molecule has 4 heteroatoms. The van der Waals surface area contributed by atoms with Gasteiger partial charge < -0.3 is 14.9 Å². The number of β-amino-alcohol motifs (C(OH)–C–C–N with tert-alkyl or cyclic N) is 1. The largest absolute Gasteiger partial charge is 0.388 e. The number of hydrogen-bond donors (Lipinski definition) is 1. The van der Waals surface area contributed by atoms with Gasteiger partial charge in [0.15, 0.2) is 0 Å². The number of carbonyl (C=O) groups excluding carboxylic acids is 1. The topological polar surface area (TPSA) is 43.8 Å². The van der Waals surface area contributed by atoms with Crippen LogP contribution in [0.2, 0.25) is 0 Å². The summed E-state index contributed by atoms with van der Waals surface area (Å²) in [6.07, 6.45) is 2.91. The Bertz CT molecular complexity index is 270. The fourth-order valence-corrected chi connectivity index (χ4v) is 2.51. The van der Waals surface area contributed by atoms with E-state index in [-0.39, 0.29) is 6.03 Å². The predicted octanol–water partition coefficient (Wildman–Crippen LogP) is 1.30. The van der Waals surface area contributed by atoms with Crippen LogP contribution >= 0.6 is 0 Å². The molecule has 0 aromatic rings. The van der Waals surface area contributed by atoms with Gasteiger partial charge in [-0.1, -0.05) is 6.92 Å². The van der Waals surface area contributed by atoms with Crippen LogP contribution in [0.5, 0.6) is 0 Å². The zero-order valence-corrected chi connectivity index (χ0v) is 10.3. The molecule has 2 saturated heterocycles. The Morgan fingerprint density at radius 1 is 1.25 bits per heavy atom. The van der Waals surface area contributed by atoms with Crippen molar-refractivity contribution in [3.63, 3.8) is 0 Å². The summed E-state index contributed by atoms with van der Waals surface area (Å²) in [5, 5.41) is 9.84. The minimum atomic E-state index is -0.682. The molecule has 0 aromatic carbocycles. The van der Waals surface area contributed by atoms with Gasteiger partial charge >= 0.3 is 6.03 Å². The number of carbonyl (C=O) groups is 1. The highest BCUT2D eigenvalue weighted by Gasteiger charge is 2.36. The third kappa shape index (κ3) is 2.48. The number of nitrogens with zero attached hydrogens (tertiary/aromatic N) is 2. The van der Waals surface area contributed by atoms with Crippen molar-refractivity contribution in [1.82, 2.24) is 9.80 Å². The molecule has 2 aliphatic heterocycles. The first-order valence-corrected chi connectivity index (χ1v) is 6.24. The quantitative estimate of drug-likeness (QED) is 0.676. The second-order valence-electron chi connectivity index (χ2n) is 5.62. The van der Waals surface area contributed by atoms with E-state index in [0.717, 1.165) is 31.8 Å². The summed E-state index contributed by atoms with van der Waals surface area (Å²) < 4.78 is 0. The van der Waals surface area contributed by atoms with Gasteiger partial charge in [0.1, 0.15) is 0 Å². The van der Waals surface area contributed by atoms with Crippen molar-refractivity contribution in [3.8, 4) is 0 Å². The highest BCUT2D eigenvalue weighted by Crippen LogP contribution is 2.23. The van der Waals surface area contributed by atoms with Gasteiger partial charge in [-0.25, -0.2) is 4.79 Å². The number of amides is 2. The molecule has 0 bridgehead atoms. The van der Waals surface area contributed by atoms with E-state index in [2.05, 4.69) is 6.92 Å². The number of likely N-dealkylation sites (tertiary alicyclic amines) is 2. The Morgan fingerprint density at radius 3 is 2.38 bits per heavy atom. The molecule has 0 saturated carbocycles. The van der Waals surface area contributed by atoms with Gasteiger partial charge in [0.05, 0.1) is 12.1 Å². The van der Waals surface area contributed by atoms with E-state index in [1.165, 1.54) is 0 Å². The molecule has 0 aliphatic carbocycles. The molecule has 4 nitrogen and oxygen atoms in total. The van der Waals surface area contributed by atoms with Crippen LogP contribution in [0.4, 0.5) is 4.79 Å². The van der Waals surface area contributed by atoms with Crippen LogP contribution in [-0.2, 0) is 0 Å². The van der Waals surface area contributed by atoms with Crippen molar-refractivity contribution in [3.05, 3.63) is 0 Å². The van der Waals surface area contributed by atoms with Crippen LogP contribution in [0.15, 0.2) is 0 Å². The molecule has 2 amide bonds. The van der Waals surface area contributed by atoms with Gasteiger partial charge in [0.2, 0.25) is 0 Å². The highest BCUT2D eigenvalue weighted by molar-refractivity contribution is 5.75. The second-order valence-corrected chi connectivity index (χ2v) is 5.62. The Labute approximate surface area is 97.2 Å². The molecule has 0 radical (unpaired) electrons. The highest BCUT2D eigenvalue weighted by atomic mass is 16.3. The Balaban J connectivity index is 1.89. The van der Waals surface area contributed by atoms with E-state index in [1.807, 2.05) is 4.90 Å². The van der Waals surface area contributed by atoms with Crippen molar-refractivity contribution in [2.75, 3.05) is 26.2 Å². The maximum atomic E-state index is 12.1. The van der Waals surface area contributed by atoms with Gasteiger partial charge in [-0.05, 0) is 32.1 Å². The minimum absolute atomic E-state index is 0.115. The van der Waals surface area contributed by atoms with E-state index in [9.17, 15) is 9.90 Å². The van der Waals surface area contributed by atoms with Crippen LogP contribution in [0.1, 0.15) is 33.1 Å². The van der Waals surface area contributed by atoms with Crippen LogP contribution in [0.3, 0.4) is 0 Å². The summed E-state index contributed by atoms with van der Waals surface area (Å²) in [6.45, 7) is 6.97. The third-order valence-corrected chi connectivity index (χ3v) is 3.78. The molecule has 2 rings (SSSR count). The van der Waals surface area contributed by atoms with E-state index >= 15 is 0 Å². The number of piperidine rings is 1. The molecule has 2 aliphatic rings. The SMILES string of the molecule is CC1CCN(C(=O)N2CCC(C)(O)C2)CC1. The van der Waals surface area contributed by atoms with E-state index in [4.69, 9.17) is 0 Å². The summed E-state index contributed by atoms with van der Waals surface area (Å²) in [7, 11) is 0. The summed E-state index contributed by atoms with van der Waals surface area (Å²) in [5.41, 5.74) is -0.682. The molecular weight excluding hydrogens is 204 g/mol. The molecule has 2 fully saturated rings. The first-order chi connectivity index (χ1) is 7.48. The predicted molar refractivity (Wildman–Crippen MR) is 62.2 cm³/mol. The second kappa shape index (κ2) is 4.24. The fraction of sp³-hybridized carbons (Fsp3) is 0.917. The van der Waals surface area contributed by atoms with Crippen molar-refractivity contribution in [2.24, 2.45) is 5.92 Å². The van der Waals surface area contributed by atoms with E-state index in [1.54, 1.807) is 11.8 Å².